The van der Waals surface area contributed by atoms with Crippen molar-refractivity contribution in [1.29, 1.82) is 0 Å². The molecular weight excluding hydrogens is 304 g/mol. The van der Waals surface area contributed by atoms with Gasteiger partial charge in [0.05, 0.1) is 5.75 Å². The number of ketones is 1. The van der Waals surface area contributed by atoms with Gasteiger partial charge in [-0.3, -0.25) is 9.59 Å². The van der Waals surface area contributed by atoms with Gasteiger partial charge < -0.3 is 5.32 Å². The van der Waals surface area contributed by atoms with E-state index in [1.807, 2.05) is 24.4 Å². The van der Waals surface area contributed by atoms with Crippen LogP contribution in [0.1, 0.15) is 28.0 Å². The molecule has 1 aromatic heterocycles. The number of anilines is 1. The number of hydrogen-bond acceptors (Lipinski definition) is 5. The van der Waals surface area contributed by atoms with Crippen LogP contribution in [0.4, 0.5) is 5.69 Å². The number of nitrogens with zero attached hydrogens (tertiary/aromatic N) is 1. The lowest BCUT2D eigenvalue weighted by molar-refractivity contribution is -0.116. The molecule has 4 nitrogen and oxygen atoms in total. The molecule has 2 aromatic rings. The Kier molecular flexibility index (Phi) is 4.07. The van der Waals surface area contributed by atoms with Gasteiger partial charge in [-0.25, -0.2) is 4.98 Å². The predicted molar refractivity (Wildman–Crippen MR) is 85.3 cm³/mol. The number of fused-ring (bicyclic) bond motifs is 1. The Labute approximate surface area is 131 Å². The number of rotatable bonds is 4. The summed E-state index contributed by atoms with van der Waals surface area (Å²) in [6.07, 6.45) is 1.18. The number of Topliss-reactive ketones (excluding diaryl/α,β-unsaturated/α-hetero) is 1. The lowest BCUT2D eigenvalue weighted by Gasteiger charge is -2.17. The fraction of sp³-hybridized carbons (Fsp3) is 0.267. The number of amides is 1. The number of aromatic nitrogens is 1. The Morgan fingerprint density at radius 3 is 3.05 bits per heavy atom. The molecule has 108 valence electrons. The van der Waals surface area contributed by atoms with E-state index in [-0.39, 0.29) is 11.7 Å². The van der Waals surface area contributed by atoms with Crippen LogP contribution in [0, 0.1) is 6.92 Å². The molecule has 1 aliphatic rings. The zero-order valence-corrected chi connectivity index (χ0v) is 13.1. The highest BCUT2D eigenvalue weighted by Crippen LogP contribution is 2.26. The lowest BCUT2D eigenvalue weighted by atomic mass is 9.99. The first-order valence-electron chi connectivity index (χ1n) is 6.63. The van der Waals surface area contributed by atoms with Crippen LogP contribution in [0.3, 0.4) is 0 Å². The number of carbonyl (C=O) groups excluding carboxylic acids is 2. The number of nitrogens with one attached hydrogen (secondary N) is 1. The molecule has 0 radical (unpaired) electrons. The summed E-state index contributed by atoms with van der Waals surface area (Å²) in [6, 6.07) is 5.49. The van der Waals surface area contributed by atoms with Crippen LogP contribution < -0.4 is 5.32 Å². The van der Waals surface area contributed by atoms with Crippen molar-refractivity contribution in [3.63, 3.8) is 0 Å². The summed E-state index contributed by atoms with van der Waals surface area (Å²) >= 11 is 3.03. The van der Waals surface area contributed by atoms with Gasteiger partial charge in [0.25, 0.3) is 0 Å². The summed E-state index contributed by atoms with van der Waals surface area (Å²) in [4.78, 5) is 27.9. The number of aryl methyl sites for hydroxylation is 2. The third kappa shape index (κ3) is 3.33. The van der Waals surface area contributed by atoms with E-state index in [1.54, 1.807) is 17.4 Å². The second kappa shape index (κ2) is 5.99. The molecule has 21 heavy (non-hydrogen) atoms. The lowest BCUT2D eigenvalue weighted by Crippen LogP contribution is -2.19. The average Bonchev–Trinajstić information content (AvgIpc) is 2.90. The first-order chi connectivity index (χ1) is 10.1. The van der Waals surface area contributed by atoms with E-state index < -0.39 is 0 Å². The second-order valence-corrected chi connectivity index (χ2v) is 6.97. The first kappa shape index (κ1) is 14.3. The van der Waals surface area contributed by atoms with Crippen LogP contribution in [0.5, 0.6) is 0 Å². The molecule has 0 unspecified atom stereocenters. The maximum Gasteiger partial charge on any atom is 0.224 e. The molecule has 0 spiro atoms. The first-order valence-corrected chi connectivity index (χ1v) is 8.49. The summed E-state index contributed by atoms with van der Waals surface area (Å²) in [5, 5.41) is 4.80. The van der Waals surface area contributed by atoms with Crippen molar-refractivity contribution in [2.45, 2.75) is 24.1 Å². The van der Waals surface area contributed by atoms with E-state index in [4.69, 9.17) is 0 Å². The molecule has 0 bridgehead atoms. The van der Waals surface area contributed by atoms with Crippen molar-refractivity contribution in [2.24, 2.45) is 0 Å². The normalized spacial score (nSPS) is 13.7. The van der Waals surface area contributed by atoms with Gasteiger partial charge in [-0.1, -0.05) is 11.8 Å². The van der Waals surface area contributed by atoms with Crippen LogP contribution >= 0.6 is 23.1 Å². The fourth-order valence-corrected chi connectivity index (χ4v) is 3.91. The van der Waals surface area contributed by atoms with Crippen molar-refractivity contribution in [2.75, 3.05) is 11.1 Å². The highest BCUT2D eigenvalue weighted by molar-refractivity contribution is 8.01. The van der Waals surface area contributed by atoms with Gasteiger partial charge in [-0.05, 0) is 37.1 Å². The van der Waals surface area contributed by atoms with Gasteiger partial charge in [-0.15, -0.1) is 11.3 Å². The zero-order chi connectivity index (χ0) is 14.8. The predicted octanol–water partition coefficient (Wildman–Crippen LogP) is 3.31. The molecule has 1 aliphatic heterocycles. The summed E-state index contributed by atoms with van der Waals surface area (Å²) in [5.74, 6) is 0.516. The van der Waals surface area contributed by atoms with Crippen LogP contribution in [-0.2, 0) is 11.2 Å². The molecule has 1 N–H and O–H groups in total. The Morgan fingerprint density at radius 2 is 2.29 bits per heavy atom. The molecule has 0 aliphatic carbocycles. The SMILES string of the molecule is Cc1csc(SCC(=O)c2ccc3c(c2)CCC(=O)N3)n1. The maximum absolute atomic E-state index is 12.2. The Bertz CT molecular complexity index is 709. The third-order valence-electron chi connectivity index (χ3n) is 3.25. The summed E-state index contributed by atoms with van der Waals surface area (Å²) < 4.78 is 0.922. The van der Waals surface area contributed by atoms with Gasteiger partial charge in [-0.2, -0.15) is 0 Å². The molecule has 0 fully saturated rings. The molecule has 0 atom stereocenters. The largest absolute Gasteiger partial charge is 0.326 e. The minimum atomic E-state index is 0.0382. The molecular formula is C15H14N2O2S2. The van der Waals surface area contributed by atoms with Crippen molar-refractivity contribution in [1.82, 2.24) is 4.98 Å². The van der Waals surface area contributed by atoms with E-state index in [1.165, 1.54) is 11.8 Å². The number of hydrogen-bond donors (Lipinski definition) is 1. The van der Waals surface area contributed by atoms with Crippen LogP contribution in [0.15, 0.2) is 27.9 Å². The van der Waals surface area contributed by atoms with Gasteiger partial charge >= 0.3 is 0 Å². The Morgan fingerprint density at radius 1 is 1.43 bits per heavy atom. The Balaban J connectivity index is 1.69. The Hall–Kier alpha value is -1.66. The van der Waals surface area contributed by atoms with E-state index in [9.17, 15) is 9.59 Å². The summed E-state index contributed by atoms with van der Waals surface area (Å²) in [5.41, 5.74) is 3.55. The minimum absolute atomic E-state index is 0.0382. The number of thioether (sulfide) groups is 1. The number of benzene rings is 1. The van der Waals surface area contributed by atoms with Crippen LogP contribution in [0.25, 0.3) is 0 Å². The second-order valence-electron chi connectivity index (χ2n) is 4.89. The standard InChI is InChI=1S/C15H14N2O2S2/c1-9-7-20-15(16-9)21-8-13(18)11-2-4-12-10(6-11)3-5-14(19)17-12/h2,4,6-7H,3,5,8H2,1H3,(H,17,19). The van der Waals surface area contributed by atoms with Crippen LogP contribution in [-0.4, -0.2) is 22.4 Å². The topological polar surface area (TPSA) is 59.1 Å². The maximum atomic E-state index is 12.2. The van der Waals surface area contributed by atoms with E-state index in [0.29, 0.717) is 24.2 Å². The van der Waals surface area contributed by atoms with E-state index in [0.717, 1.165) is 21.3 Å². The molecule has 1 aromatic carbocycles. The van der Waals surface area contributed by atoms with Crippen molar-refractivity contribution in [3.8, 4) is 0 Å². The smallest absolute Gasteiger partial charge is 0.224 e. The summed E-state index contributed by atoms with van der Waals surface area (Å²) in [7, 11) is 0. The quantitative estimate of drug-likeness (QED) is 0.694. The fourth-order valence-electron chi connectivity index (χ4n) is 2.17. The molecule has 0 saturated carbocycles. The van der Waals surface area contributed by atoms with Gasteiger partial charge in [0.15, 0.2) is 10.1 Å². The van der Waals surface area contributed by atoms with Gasteiger partial charge in [0, 0.05) is 28.7 Å². The number of thiazole rings is 1. The molecule has 1 amide bonds. The molecule has 2 heterocycles. The zero-order valence-electron chi connectivity index (χ0n) is 11.5. The van der Waals surface area contributed by atoms with Crippen molar-refractivity contribution in [3.05, 3.63) is 40.4 Å². The van der Waals surface area contributed by atoms with Crippen molar-refractivity contribution < 1.29 is 9.59 Å². The van der Waals surface area contributed by atoms with Gasteiger partial charge in [0.1, 0.15) is 0 Å². The highest BCUT2D eigenvalue weighted by atomic mass is 32.2. The summed E-state index contributed by atoms with van der Waals surface area (Å²) in [6.45, 7) is 1.94. The molecule has 0 saturated heterocycles. The molecule has 6 heteroatoms. The number of carbonyl (C=O) groups is 2. The van der Waals surface area contributed by atoms with Gasteiger partial charge in [0.2, 0.25) is 5.91 Å². The van der Waals surface area contributed by atoms with E-state index >= 15 is 0 Å². The van der Waals surface area contributed by atoms with Crippen molar-refractivity contribution >= 4 is 40.5 Å². The third-order valence-corrected chi connectivity index (χ3v) is 5.39. The molecule has 3 rings (SSSR count). The van der Waals surface area contributed by atoms with Crippen LogP contribution in [0.2, 0.25) is 0 Å². The minimum Gasteiger partial charge on any atom is -0.326 e. The average molecular weight is 318 g/mol. The monoisotopic (exact) mass is 318 g/mol. The van der Waals surface area contributed by atoms with E-state index in [2.05, 4.69) is 10.3 Å². The highest BCUT2D eigenvalue weighted by Gasteiger charge is 2.17.